The zero-order valence-corrected chi connectivity index (χ0v) is 20.1. The van der Waals surface area contributed by atoms with Gasteiger partial charge in [0.2, 0.25) is 5.89 Å². The fourth-order valence-electron chi connectivity index (χ4n) is 3.36. The van der Waals surface area contributed by atoms with Crippen LogP contribution >= 0.6 is 28.1 Å². The van der Waals surface area contributed by atoms with E-state index in [1.807, 2.05) is 62.4 Å². The van der Waals surface area contributed by atoms with E-state index in [0.29, 0.717) is 17.2 Å². The highest BCUT2D eigenvalue weighted by atomic mass is 79.9. The van der Waals surface area contributed by atoms with Crippen LogP contribution in [0.25, 0.3) is 22.6 Å². The molecule has 0 fully saturated rings. The molecule has 2 N–H and O–H groups in total. The van der Waals surface area contributed by atoms with Crippen LogP contribution < -0.4 is 15.4 Å². The number of anilines is 1. The number of amides is 1. The van der Waals surface area contributed by atoms with Gasteiger partial charge < -0.3 is 14.5 Å². The van der Waals surface area contributed by atoms with Gasteiger partial charge in [-0.2, -0.15) is 0 Å². The second-order valence-corrected chi connectivity index (χ2v) is 8.60. The maximum Gasteiger partial charge on any atom is 0.261 e. The third-order valence-electron chi connectivity index (χ3n) is 4.85. The molecular formula is C24H20BrN3O3S. The minimum Gasteiger partial charge on any atom is -0.496 e. The van der Waals surface area contributed by atoms with Gasteiger partial charge in [-0.15, -0.1) is 0 Å². The Kier molecular flexibility index (Phi) is 6.25. The van der Waals surface area contributed by atoms with E-state index < -0.39 is 0 Å². The van der Waals surface area contributed by atoms with E-state index in [9.17, 15) is 4.79 Å². The summed E-state index contributed by atoms with van der Waals surface area (Å²) in [5, 5.41) is 5.89. The summed E-state index contributed by atoms with van der Waals surface area (Å²) in [5.74, 6) is 0.693. The molecule has 1 heterocycles. The SMILES string of the molecule is COc1c(C)cc(Br)cc1C(=O)NC(=S)Nc1ccc(-c2nc3cc(C)ccc3o2)cc1. The van der Waals surface area contributed by atoms with Crippen LogP contribution in [-0.4, -0.2) is 23.1 Å². The quantitative estimate of drug-likeness (QED) is 0.328. The van der Waals surface area contributed by atoms with Crippen molar-refractivity contribution in [2.24, 2.45) is 0 Å². The lowest BCUT2D eigenvalue weighted by atomic mass is 10.1. The Morgan fingerprint density at radius 3 is 2.56 bits per heavy atom. The Morgan fingerprint density at radius 1 is 1.09 bits per heavy atom. The van der Waals surface area contributed by atoms with Gasteiger partial charge in [0.15, 0.2) is 10.7 Å². The third-order valence-corrected chi connectivity index (χ3v) is 5.51. The molecule has 8 heteroatoms. The second kappa shape index (κ2) is 9.10. The first-order chi connectivity index (χ1) is 15.3. The van der Waals surface area contributed by atoms with Crippen LogP contribution in [0.1, 0.15) is 21.5 Å². The highest BCUT2D eigenvalue weighted by Gasteiger charge is 2.17. The van der Waals surface area contributed by atoms with Crippen molar-refractivity contribution in [3.63, 3.8) is 0 Å². The van der Waals surface area contributed by atoms with Crippen LogP contribution in [0.4, 0.5) is 5.69 Å². The van der Waals surface area contributed by atoms with Crippen LogP contribution in [0.15, 0.2) is 63.5 Å². The lowest BCUT2D eigenvalue weighted by Gasteiger charge is -2.14. The van der Waals surface area contributed by atoms with Crippen molar-refractivity contribution in [3.05, 3.63) is 75.8 Å². The summed E-state index contributed by atoms with van der Waals surface area (Å²) < 4.78 is 12.0. The normalized spacial score (nSPS) is 10.8. The second-order valence-electron chi connectivity index (χ2n) is 7.28. The highest BCUT2D eigenvalue weighted by Crippen LogP contribution is 2.28. The number of thiocarbonyl (C=S) groups is 1. The molecule has 1 aromatic heterocycles. The summed E-state index contributed by atoms with van der Waals surface area (Å²) in [4.78, 5) is 17.3. The predicted octanol–water partition coefficient (Wildman–Crippen LogP) is 6.01. The Balaban J connectivity index is 1.45. The third kappa shape index (κ3) is 4.66. The van der Waals surface area contributed by atoms with E-state index in [-0.39, 0.29) is 11.0 Å². The smallest absolute Gasteiger partial charge is 0.261 e. The number of carbonyl (C=O) groups excluding carboxylic acids is 1. The number of aromatic nitrogens is 1. The average molecular weight is 510 g/mol. The van der Waals surface area contributed by atoms with Crippen LogP contribution in [0.5, 0.6) is 5.75 Å². The molecule has 1 amide bonds. The van der Waals surface area contributed by atoms with Crippen molar-refractivity contribution in [2.75, 3.05) is 12.4 Å². The van der Waals surface area contributed by atoms with Gasteiger partial charge in [-0.3, -0.25) is 10.1 Å². The molecule has 0 radical (unpaired) electrons. The zero-order chi connectivity index (χ0) is 22.8. The molecule has 0 aliphatic carbocycles. The van der Waals surface area contributed by atoms with Crippen molar-refractivity contribution in [2.45, 2.75) is 13.8 Å². The van der Waals surface area contributed by atoms with Crippen LogP contribution in [-0.2, 0) is 0 Å². The monoisotopic (exact) mass is 509 g/mol. The molecule has 0 aliphatic rings. The number of aryl methyl sites for hydroxylation is 2. The van der Waals surface area contributed by atoms with Crippen LogP contribution in [0.3, 0.4) is 0 Å². The summed E-state index contributed by atoms with van der Waals surface area (Å²) in [6.07, 6.45) is 0. The number of hydrogen-bond acceptors (Lipinski definition) is 5. The first kappa shape index (κ1) is 22.0. The number of methoxy groups -OCH3 is 1. The Morgan fingerprint density at radius 2 is 1.84 bits per heavy atom. The number of ether oxygens (including phenoxy) is 1. The van der Waals surface area contributed by atoms with Gasteiger partial charge >= 0.3 is 0 Å². The van der Waals surface area contributed by atoms with Gasteiger partial charge in [0.05, 0.1) is 12.7 Å². The molecule has 0 unspecified atom stereocenters. The minimum atomic E-state index is -0.359. The topological polar surface area (TPSA) is 76.4 Å². The average Bonchev–Trinajstić information content (AvgIpc) is 3.16. The molecule has 4 rings (SSSR count). The summed E-state index contributed by atoms with van der Waals surface area (Å²) in [5.41, 5.74) is 5.50. The number of nitrogens with one attached hydrogen (secondary N) is 2. The fraction of sp³-hybridized carbons (Fsp3) is 0.125. The van der Waals surface area contributed by atoms with Gasteiger partial charge in [0, 0.05) is 15.7 Å². The van der Waals surface area contributed by atoms with Gasteiger partial charge in [-0.25, -0.2) is 4.98 Å². The molecule has 6 nitrogen and oxygen atoms in total. The van der Waals surface area contributed by atoms with E-state index in [0.717, 1.165) is 38.0 Å². The number of hydrogen-bond donors (Lipinski definition) is 2. The molecule has 32 heavy (non-hydrogen) atoms. The fourth-order valence-corrected chi connectivity index (χ4v) is 4.14. The van der Waals surface area contributed by atoms with E-state index in [4.69, 9.17) is 21.4 Å². The molecule has 0 aliphatic heterocycles. The molecule has 0 bridgehead atoms. The van der Waals surface area contributed by atoms with Gasteiger partial charge in [-0.05, 0) is 85.7 Å². The number of oxazole rings is 1. The first-order valence-corrected chi connectivity index (χ1v) is 11.0. The van der Waals surface area contributed by atoms with Crippen molar-refractivity contribution in [1.29, 1.82) is 0 Å². The minimum absolute atomic E-state index is 0.180. The first-order valence-electron chi connectivity index (χ1n) is 9.78. The standard InChI is InChI=1S/C24H20BrN3O3S/c1-13-4-9-20-19(10-13)27-23(31-20)15-5-7-17(8-6-15)26-24(32)28-22(29)18-12-16(25)11-14(2)21(18)30-3/h4-12H,1-3H3,(H2,26,28,29,32). The van der Waals surface area contributed by atoms with Crippen molar-refractivity contribution < 1.29 is 13.9 Å². The number of rotatable bonds is 4. The molecule has 162 valence electrons. The number of benzene rings is 3. The number of carbonyl (C=O) groups is 1. The predicted molar refractivity (Wildman–Crippen MR) is 133 cm³/mol. The van der Waals surface area contributed by atoms with E-state index in [1.54, 1.807) is 6.07 Å². The summed E-state index contributed by atoms with van der Waals surface area (Å²) in [6.45, 7) is 3.89. The van der Waals surface area contributed by atoms with Crippen LogP contribution in [0, 0.1) is 13.8 Å². The van der Waals surface area contributed by atoms with E-state index in [1.165, 1.54) is 7.11 Å². The number of nitrogens with zero attached hydrogens (tertiary/aromatic N) is 1. The summed E-state index contributed by atoms with van der Waals surface area (Å²) in [7, 11) is 1.53. The lowest BCUT2D eigenvalue weighted by molar-refractivity contribution is 0.0974. The zero-order valence-electron chi connectivity index (χ0n) is 17.7. The molecular weight excluding hydrogens is 490 g/mol. The molecule has 3 aromatic carbocycles. The molecule has 0 saturated heterocycles. The van der Waals surface area contributed by atoms with E-state index >= 15 is 0 Å². The maximum atomic E-state index is 12.7. The molecule has 0 atom stereocenters. The van der Waals surface area contributed by atoms with Gasteiger partial charge in [-0.1, -0.05) is 22.0 Å². The summed E-state index contributed by atoms with van der Waals surface area (Å²) >= 11 is 8.72. The number of halogens is 1. The van der Waals surface area contributed by atoms with Crippen molar-refractivity contribution >= 4 is 56.0 Å². The largest absolute Gasteiger partial charge is 0.496 e. The van der Waals surface area contributed by atoms with Crippen LogP contribution in [0.2, 0.25) is 0 Å². The van der Waals surface area contributed by atoms with E-state index in [2.05, 4.69) is 31.5 Å². The maximum absolute atomic E-state index is 12.7. The number of fused-ring (bicyclic) bond motifs is 1. The Bertz CT molecular complexity index is 1330. The van der Waals surface area contributed by atoms with Gasteiger partial charge in [0.25, 0.3) is 5.91 Å². The van der Waals surface area contributed by atoms with Gasteiger partial charge in [0.1, 0.15) is 11.3 Å². The van der Waals surface area contributed by atoms with Crippen molar-refractivity contribution in [1.82, 2.24) is 10.3 Å². The Hall–Kier alpha value is -3.23. The van der Waals surface area contributed by atoms with Crippen molar-refractivity contribution in [3.8, 4) is 17.2 Å². The Labute approximate surface area is 199 Å². The molecule has 0 spiro atoms. The lowest BCUT2D eigenvalue weighted by Crippen LogP contribution is -2.34. The highest BCUT2D eigenvalue weighted by molar-refractivity contribution is 9.10. The summed E-state index contributed by atoms with van der Waals surface area (Å²) in [6, 6.07) is 16.9. The molecule has 0 saturated carbocycles. The molecule has 4 aromatic rings.